The molecule has 1 aliphatic rings. The number of nitrogens with one attached hydrogen (secondary N) is 1. The van der Waals surface area contributed by atoms with Crippen molar-refractivity contribution in [3.05, 3.63) is 53.5 Å². The third-order valence-corrected chi connectivity index (χ3v) is 4.63. The number of nitrogens with two attached hydrogens (primary N) is 1. The molecule has 0 radical (unpaired) electrons. The lowest BCUT2D eigenvalue weighted by atomic mass is 10.1. The predicted molar refractivity (Wildman–Crippen MR) is 114 cm³/mol. The molecule has 172 valence electrons. The van der Waals surface area contributed by atoms with Gasteiger partial charge < -0.3 is 20.5 Å². The maximum absolute atomic E-state index is 14.5. The number of carbonyl (C=O) groups is 1. The summed E-state index contributed by atoms with van der Waals surface area (Å²) >= 11 is 0. The molecule has 32 heavy (non-hydrogen) atoms. The Labute approximate surface area is 183 Å². The molecule has 2 aromatic rings. The van der Waals surface area contributed by atoms with Gasteiger partial charge in [0.15, 0.2) is 0 Å². The molecule has 1 heterocycles. The normalized spacial score (nSPS) is 14.3. The van der Waals surface area contributed by atoms with E-state index in [0.29, 0.717) is 24.9 Å². The fraction of sp³-hybridized carbons (Fsp3) is 0.409. The highest BCUT2D eigenvalue weighted by Gasteiger charge is 2.35. The van der Waals surface area contributed by atoms with E-state index in [9.17, 15) is 18.0 Å². The molecule has 3 rings (SSSR count). The van der Waals surface area contributed by atoms with Gasteiger partial charge in [-0.25, -0.2) is 9.37 Å². The molecular weight excluding hydrogens is 425 g/mol. The van der Waals surface area contributed by atoms with Gasteiger partial charge in [0.2, 0.25) is 5.88 Å². The Morgan fingerprint density at radius 1 is 1.31 bits per heavy atom. The van der Waals surface area contributed by atoms with Crippen molar-refractivity contribution in [1.29, 1.82) is 0 Å². The first-order valence-corrected chi connectivity index (χ1v) is 10.2. The molecule has 0 unspecified atom stereocenters. The van der Waals surface area contributed by atoms with Crippen LogP contribution in [0.15, 0.2) is 41.4 Å². The second-order valence-electron chi connectivity index (χ2n) is 7.43. The minimum absolute atomic E-state index is 0.00997. The summed E-state index contributed by atoms with van der Waals surface area (Å²) in [5.74, 6) is -4.51. The molecule has 1 aliphatic carbocycles. The van der Waals surface area contributed by atoms with Crippen molar-refractivity contribution >= 4 is 17.4 Å². The van der Waals surface area contributed by atoms with E-state index in [1.807, 2.05) is 0 Å². The summed E-state index contributed by atoms with van der Waals surface area (Å²) in [6.45, 7) is 1.28. The van der Waals surface area contributed by atoms with Crippen LogP contribution >= 0.6 is 0 Å². The average molecular weight is 450 g/mol. The number of carbonyl (C=O) groups excluding carboxylic acids is 1. The smallest absolute Gasteiger partial charge is 0.298 e. The summed E-state index contributed by atoms with van der Waals surface area (Å²) < 4.78 is 53.6. The number of alkyl halides is 2. The predicted octanol–water partition coefficient (Wildman–Crippen LogP) is 3.75. The lowest BCUT2D eigenvalue weighted by molar-refractivity contribution is -0.0775. The minimum Gasteiger partial charge on any atom is -0.477 e. The average Bonchev–Trinajstić information content (AvgIpc) is 3.58. The standard InChI is InChI=1S/C22H25F3N4O3/c1-2-27-19(26)12-31-13-22(24,25)16-10-15(8-9-17(16)23)28-21(30)18-4-3-5-20(29-18)32-11-14-6-7-14/h3-5,8-10,14H,2,6-7,11-13H2,1H3,(H2,26,27)(H,28,30). The zero-order valence-corrected chi connectivity index (χ0v) is 17.6. The molecule has 1 fully saturated rings. The van der Waals surface area contributed by atoms with E-state index in [1.165, 1.54) is 12.1 Å². The number of nitrogens with zero attached hydrogens (tertiary/aromatic N) is 2. The quantitative estimate of drug-likeness (QED) is 0.401. The number of aliphatic imine (C=N–C) groups is 1. The van der Waals surface area contributed by atoms with E-state index in [2.05, 4.69) is 15.3 Å². The van der Waals surface area contributed by atoms with Crippen molar-refractivity contribution in [3.8, 4) is 5.88 Å². The molecular formula is C22H25F3N4O3. The Morgan fingerprint density at radius 3 is 2.81 bits per heavy atom. The monoisotopic (exact) mass is 450 g/mol. The molecule has 1 saturated carbocycles. The van der Waals surface area contributed by atoms with Gasteiger partial charge >= 0.3 is 0 Å². The summed E-state index contributed by atoms with van der Waals surface area (Å²) in [6.07, 6.45) is 2.23. The Balaban J connectivity index is 1.66. The van der Waals surface area contributed by atoms with Crippen molar-refractivity contribution in [2.24, 2.45) is 16.6 Å². The number of pyridine rings is 1. The molecule has 0 aliphatic heterocycles. The third kappa shape index (κ3) is 6.68. The molecule has 0 bridgehead atoms. The van der Waals surface area contributed by atoms with E-state index in [4.69, 9.17) is 15.2 Å². The van der Waals surface area contributed by atoms with Crippen LogP contribution in [0.3, 0.4) is 0 Å². The highest BCUT2D eigenvalue weighted by molar-refractivity contribution is 6.03. The number of hydrogen-bond acceptors (Lipinski definition) is 5. The topological polar surface area (TPSA) is 98.8 Å². The Kier molecular flexibility index (Phi) is 7.68. The number of benzene rings is 1. The Morgan fingerprint density at radius 2 is 2.09 bits per heavy atom. The molecule has 0 saturated heterocycles. The van der Waals surface area contributed by atoms with Gasteiger partial charge in [0, 0.05) is 18.3 Å². The van der Waals surface area contributed by atoms with Crippen molar-refractivity contribution in [2.45, 2.75) is 25.7 Å². The summed E-state index contributed by atoms with van der Waals surface area (Å²) in [5, 5.41) is 2.46. The molecule has 7 nitrogen and oxygen atoms in total. The van der Waals surface area contributed by atoms with Gasteiger partial charge in [0.1, 0.15) is 30.6 Å². The highest BCUT2D eigenvalue weighted by atomic mass is 19.3. The van der Waals surface area contributed by atoms with Crippen LogP contribution in [0.1, 0.15) is 35.8 Å². The molecule has 0 atom stereocenters. The van der Waals surface area contributed by atoms with Gasteiger partial charge in [-0.05, 0) is 49.9 Å². The SMILES string of the molecule is CCN=C(N)COCC(F)(F)c1cc(NC(=O)c2cccc(OCC3CC3)n2)ccc1F. The number of anilines is 1. The summed E-state index contributed by atoms with van der Waals surface area (Å²) in [5.41, 5.74) is 4.64. The zero-order chi connectivity index (χ0) is 23.1. The highest BCUT2D eigenvalue weighted by Crippen LogP contribution is 2.32. The fourth-order valence-electron chi connectivity index (χ4n) is 2.80. The molecule has 10 heteroatoms. The minimum atomic E-state index is -3.65. The number of rotatable bonds is 11. The van der Waals surface area contributed by atoms with Crippen LogP contribution in [-0.4, -0.2) is 43.1 Å². The van der Waals surface area contributed by atoms with Crippen LogP contribution < -0.4 is 15.8 Å². The van der Waals surface area contributed by atoms with E-state index in [0.717, 1.165) is 25.0 Å². The number of amidine groups is 1. The Hall–Kier alpha value is -3.14. The largest absolute Gasteiger partial charge is 0.477 e. The van der Waals surface area contributed by atoms with Gasteiger partial charge in [0.25, 0.3) is 11.8 Å². The van der Waals surface area contributed by atoms with Crippen LogP contribution in [0.25, 0.3) is 0 Å². The molecule has 1 aromatic heterocycles. The van der Waals surface area contributed by atoms with E-state index < -0.39 is 29.8 Å². The second-order valence-corrected chi connectivity index (χ2v) is 7.43. The maximum atomic E-state index is 14.5. The van der Waals surface area contributed by atoms with Crippen LogP contribution in [0.2, 0.25) is 0 Å². The molecule has 1 aromatic carbocycles. The lowest BCUT2D eigenvalue weighted by Crippen LogP contribution is -2.27. The summed E-state index contributed by atoms with van der Waals surface area (Å²) in [4.78, 5) is 20.5. The van der Waals surface area contributed by atoms with Crippen molar-refractivity contribution in [3.63, 3.8) is 0 Å². The van der Waals surface area contributed by atoms with Crippen molar-refractivity contribution < 1.29 is 27.4 Å². The fourth-order valence-corrected chi connectivity index (χ4v) is 2.80. The van der Waals surface area contributed by atoms with E-state index in [1.54, 1.807) is 19.1 Å². The number of hydrogen-bond donors (Lipinski definition) is 2. The number of ether oxygens (including phenoxy) is 2. The number of aromatic nitrogens is 1. The van der Waals surface area contributed by atoms with E-state index >= 15 is 0 Å². The third-order valence-electron chi connectivity index (χ3n) is 4.63. The molecule has 3 N–H and O–H groups in total. The van der Waals surface area contributed by atoms with Gasteiger partial charge in [-0.2, -0.15) is 8.78 Å². The van der Waals surface area contributed by atoms with Crippen LogP contribution in [0.4, 0.5) is 18.9 Å². The van der Waals surface area contributed by atoms with Crippen LogP contribution in [-0.2, 0) is 10.7 Å². The number of amides is 1. The van der Waals surface area contributed by atoms with Gasteiger partial charge in [-0.15, -0.1) is 0 Å². The second kappa shape index (κ2) is 10.4. The Bertz CT molecular complexity index is 981. The molecule has 0 spiro atoms. The van der Waals surface area contributed by atoms with Crippen LogP contribution in [0, 0.1) is 11.7 Å². The van der Waals surface area contributed by atoms with E-state index in [-0.39, 0.29) is 23.8 Å². The van der Waals surface area contributed by atoms with Gasteiger partial charge in [0.05, 0.1) is 12.2 Å². The maximum Gasteiger partial charge on any atom is 0.298 e. The molecule has 1 amide bonds. The first kappa shape index (κ1) is 23.5. The number of halogens is 3. The lowest BCUT2D eigenvalue weighted by Gasteiger charge is -2.18. The van der Waals surface area contributed by atoms with Gasteiger partial charge in [-0.3, -0.25) is 9.79 Å². The van der Waals surface area contributed by atoms with Crippen LogP contribution in [0.5, 0.6) is 5.88 Å². The first-order chi connectivity index (χ1) is 15.3. The summed E-state index contributed by atoms with van der Waals surface area (Å²) in [6, 6.07) is 7.62. The van der Waals surface area contributed by atoms with Crippen molar-refractivity contribution in [1.82, 2.24) is 4.98 Å². The first-order valence-electron chi connectivity index (χ1n) is 10.2. The van der Waals surface area contributed by atoms with Crippen molar-refractivity contribution in [2.75, 3.05) is 31.7 Å². The van der Waals surface area contributed by atoms with Gasteiger partial charge in [-0.1, -0.05) is 6.07 Å². The zero-order valence-electron chi connectivity index (χ0n) is 17.6. The summed E-state index contributed by atoms with van der Waals surface area (Å²) in [7, 11) is 0.